The van der Waals surface area contributed by atoms with Gasteiger partial charge in [0.1, 0.15) is 5.75 Å². The number of nitrogens with zero attached hydrogens (tertiary/aromatic N) is 2. The van der Waals surface area contributed by atoms with Crippen molar-refractivity contribution in [1.29, 1.82) is 0 Å². The third-order valence-electron chi connectivity index (χ3n) is 4.76. The lowest BCUT2D eigenvalue weighted by Crippen LogP contribution is -2.39. The molecule has 1 aliphatic rings. The van der Waals surface area contributed by atoms with Crippen molar-refractivity contribution in [3.63, 3.8) is 0 Å². The maximum Gasteiger partial charge on any atom is 0.265 e. The minimum Gasteiger partial charge on any atom is -0.482 e. The number of carbonyl (C=O) groups excluding carboxylic acids is 2. The second kappa shape index (κ2) is 9.73. The van der Waals surface area contributed by atoms with Gasteiger partial charge >= 0.3 is 0 Å². The number of aromatic nitrogens is 1. The molecule has 1 aliphatic heterocycles. The van der Waals surface area contributed by atoms with Crippen molar-refractivity contribution in [2.45, 2.75) is 13.3 Å². The van der Waals surface area contributed by atoms with Crippen LogP contribution in [-0.4, -0.2) is 29.9 Å². The van der Waals surface area contributed by atoms with E-state index in [1.165, 1.54) is 17.4 Å². The van der Waals surface area contributed by atoms with Gasteiger partial charge in [0.2, 0.25) is 5.91 Å². The van der Waals surface area contributed by atoms with Gasteiger partial charge in [-0.2, -0.15) is 0 Å². The number of hydrogen-bond donors (Lipinski definition) is 1. The fourth-order valence-corrected chi connectivity index (χ4v) is 4.44. The van der Waals surface area contributed by atoms with Gasteiger partial charge < -0.3 is 9.64 Å². The van der Waals surface area contributed by atoms with E-state index < -0.39 is 0 Å². The SMILES string of the molecule is CCCN1C(=O)COc2ccc(-c3csc(NC(=O)/C=C/c4ccc(Cl)cc4Cl)n3)cc21. The number of ether oxygens (including phenoxy) is 1. The fraction of sp³-hybridized carbons (Fsp3) is 0.174. The van der Waals surface area contributed by atoms with Gasteiger partial charge in [-0.05, 0) is 48.4 Å². The smallest absolute Gasteiger partial charge is 0.265 e. The Balaban J connectivity index is 1.49. The van der Waals surface area contributed by atoms with Gasteiger partial charge in [-0.15, -0.1) is 11.3 Å². The van der Waals surface area contributed by atoms with Crippen molar-refractivity contribution in [3.8, 4) is 17.0 Å². The molecule has 2 amide bonds. The Labute approximate surface area is 199 Å². The van der Waals surface area contributed by atoms with Gasteiger partial charge in [-0.3, -0.25) is 14.9 Å². The van der Waals surface area contributed by atoms with Crippen molar-refractivity contribution >= 4 is 63.2 Å². The minimum absolute atomic E-state index is 0.0496. The fourth-order valence-electron chi connectivity index (χ4n) is 3.24. The number of thiazole rings is 1. The summed E-state index contributed by atoms with van der Waals surface area (Å²) in [7, 11) is 0. The molecule has 0 radical (unpaired) electrons. The van der Waals surface area contributed by atoms with Crippen LogP contribution in [0.3, 0.4) is 0 Å². The third-order valence-corrected chi connectivity index (χ3v) is 6.08. The topological polar surface area (TPSA) is 71.5 Å². The van der Waals surface area contributed by atoms with Crippen LogP contribution >= 0.6 is 34.5 Å². The van der Waals surface area contributed by atoms with E-state index in [-0.39, 0.29) is 18.4 Å². The molecule has 2 heterocycles. The van der Waals surface area contributed by atoms with E-state index in [1.54, 1.807) is 29.2 Å². The molecule has 4 rings (SSSR count). The maximum absolute atomic E-state index is 12.3. The predicted octanol–water partition coefficient (Wildman–Crippen LogP) is 5.90. The summed E-state index contributed by atoms with van der Waals surface area (Å²) in [6.45, 7) is 2.70. The average molecular weight is 488 g/mol. The highest BCUT2D eigenvalue weighted by atomic mass is 35.5. The Bertz CT molecular complexity index is 1210. The first kappa shape index (κ1) is 22.3. The molecule has 0 aliphatic carbocycles. The normalized spacial score (nSPS) is 13.2. The molecule has 1 N–H and O–H groups in total. The van der Waals surface area contributed by atoms with Crippen LogP contribution in [0.25, 0.3) is 17.3 Å². The zero-order valence-electron chi connectivity index (χ0n) is 17.1. The molecule has 9 heteroatoms. The van der Waals surface area contributed by atoms with Gasteiger partial charge in [0.05, 0.1) is 11.4 Å². The Morgan fingerprint density at radius 2 is 2.12 bits per heavy atom. The number of anilines is 2. The van der Waals surface area contributed by atoms with E-state index >= 15 is 0 Å². The zero-order valence-corrected chi connectivity index (χ0v) is 19.4. The molecule has 0 atom stereocenters. The average Bonchev–Trinajstić information content (AvgIpc) is 3.23. The summed E-state index contributed by atoms with van der Waals surface area (Å²) in [6.07, 6.45) is 3.85. The Morgan fingerprint density at radius 1 is 1.28 bits per heavy atom. The van der Waals surface area contributed by atoms with Gasteiger partial charge in [0.15, 0.2) is 11.7 Å². The molecule has 1 aromatic heterocycles. The second-order valence-electron chi connectivity index (χ2n) is 7.04. The summed E-state index contributed by atoms with van der Waals surface area (Å²) in [6, 6.07) is 10.7. The molecule has 164 valence electrons. The van der Waals surface area contributed by atoms with Gasteiger partial charge in [-0.1, -0.05) is 36.2 Å². The van der Waals surface area contributed by atoms with Crippen molar-refractivity contribution in [2.24, 2.45) is 0 Å². The molecule has 0 saturated carbocycles. The molecule has 0 fully saturated rings. The first-order valence-corrected chi connectivity index (χ1v) is 11.6. The monoisotopic (exact) mass is 487 g/mol. The molecular formula is C23H19Cl2N3O3S. The molecule has 0 spiro atoms. The number of rotatable bonds is 6. The van der Waals surface area contributed by atoms with Crippen molar-refractivity contribution < 1.29 is 14.3 Å². The standard InChI is InChI=1S/C23H19Cl2N3O3S/c1-2-9-28-19-10-15(4-7-20(19)31-12-22(28)30)18-13-32-23(26-18)27-21(29)8-5-14-3-6-16(24)11-17(14)25/h3-8,10-11,13H,2,9,12H2,1H3,(H,26,27,29)/b8-5+. The summed E-state index contributed by atoms with van der Waals surface area (Å²) >= 11 is 13.3. The molecule has 0 saturated heterocycles. The van der Waals surface area contributed by atoms with Crippen LogP contribution in [0.5, 0.6) is 5.75 Å². The number of fused-ring (bicyclic) bond motifs is 1. The van der Waals surface area contributed by atoms with Crippen LogP contribution in [-0.2, 0) is 9.59 Å². The highest BCUT2D eigenvalue weighted by Gasteiger charge is 2.25. The van der Waals surface area contributed by atoms with Crippen LogP contribution < -0.4 is 15.0 Å². The van der Waals surface area contributed by atoms with E-state index in [0.717, 1.165) is 17.7 Å². The number of halogens is 2. The zero-order chi connectivity index (χ0) is 22.7. The van der Waals surface area contributed by atoms with Crippen LogP contribution in [0.1, 0.15) is 18.9 Å². The molecule has 0 bridgehead atoms. The van der Waals surface area contributed by atoms with E-state index in [4.69, 9.17) is 27.9 Å². The van der Waals surface area contributed by atoms with Crippen LogP contribution in [0.15, 0.2) is 47.9 Å². The molecule has 6 nitrogen and oxygen atoms in total. The van der Waals surface area contributed by atoms with E-state index in [2.05, 4.69) is 10.3 Å². The van der Waals surface area contributed by atoms with Crippen LogP contribution in [0, 0.1) is 0 Å². The molecule has 2 aromatic carbocycles. The lowest BCUT2D eigenvalue weighted by Gasteiger charge is -2.29. The summed E-state index contributed by atoms with van der Waals surface area (Å²) in [5.41, 5.74) is 2.96. The second-order valence-corrected chi connectivity index (χ2v) is 8.74. The largest absolute Gasteiger partial charge is 0.482 e. The van der Waals surface area contributed by atoms with E-state index in [1.807, 2.05) is 30.5 Å². The molecular weight excluding hydrogens is 469 g/mol. The van der Waals surface area contributed by atoms with E-state index in [0.29, 0.717) is 38.7 Å². The quantitative estimate of drug-likeness (QED) is 0.439. The molecule has 0 unspecified atom stereocenters. The van der Waals surface area contributed by atoms with Crippen LogP contribution in [0.2, 0.25) is 10.0 Å². The number of benzene rings is 2. The number of amides is 2. The third kappa shape index (κ3) is 4.96. The summed E-state index contributed by atoms with van der Waals surface area (Å²) < 4.78 is 5.55. The van der Waals surface area contributed by atoms with Gasteiger partial charge in [0.25, 0.3) is 5.91 Å². The first-order valence-electron chi connectivity index (χ1n) is 9.92. The van der Waals surface area contributed by atoms with Gasteiger partial charge in [-0.25, -0.2) is 4.98 Å². The number of carbonyl (C=O) groups is 2. The summed E-state index contributed by atoms with van der Waals surface area (Å²) in [5, 5.41) is 6.07. The molecule has 32 heavy (non-hydrogen) atoms. The van der Waals surface area contributed by atoms with Crippen molar-refractivity contribution in [1.82, 2.24) is 4.98 Å². The minimum atomic E-state index is -0.324. The highest BCUT2D eigenvalue weighted by Crippen LogP contribution is 2.37. The highest BCUT2D eigenvalue weighted by molar-refractivity contribution is 7.14. The van der Waals surface area contributed by atoms with E-state index in [9.17, 15) is 9.59 Å². The first-order chi connectivity index (χ1) is 15.4. The number of nitrogens with one attached hydrogen (secondary N) is 1. The molecule has 3 aromatic rings. The van der Waals surface area contributed by atoms with Crippen molar-refractivity contribution in [3.05, 3.63) is 63.5 Å². The lowest BCUT2D eigenvalue weighted by molar-refractivity contribution is -0.121. The summed E-state index contributed by atoms with van der Waals surface area (Å²) in [5.74, 6) is 0.294. The Hall–Kier alpha value is -2.87. The lowest BCUT2D eigenvalue weighted by atomic mass is 10.1. The van der Waals surface area contributed by atoms with Crippen LogP contribution in [0.4, 0.5) is 10.8 Å². The summed E-state index contributed by atoms with van der Waals surface area (Å²) in [4.78, 5) is 30.8. The van der Waals surface area contributed by atoms with Crippen molar-refractivity contribution in [2.75, 3.05) is 23.4 Å². The predicted molar refractivity (Wildman–Crippen MR) is 130 cm³/mol. The Kier molecular flexibility index (Phi) is 6.79. The number of hydrogen-bond acceptors (Lipinski definition) is 5. The van der Waals surface area contributed by atoms with Gasteiger partial charge in [0, 0.05) is 33.6 Å². The Morgan fingerprint density at radius 3 is 2.91 bits per heavy atom. The maximum atomic E-state index is 12.3.